The molecule has 0 aliphatic heterocycles. The van der Waals surface area contributed by atoms with E-state index < -0.39 is 0 Å². The standard InChI is InChI=1S/C17H19ClN2O2/c1-12-3-5-13(6-4-12)9-10-19-17(21)20-14-7-8-16(22-2)15(18)11-14/h3-8,11H,9-10H2,1-2H3,(H2,19,20,21). The molecule has 0 aliphatic carbocycles. The molecular formula is C17H19ClN2O2. The number of carbonyl (C=O) groups excluding carboxylic acids is 1. The highest BCUT2D eigenvalue weighted by molar-refractivity contribution is 6.32. The molecule has 2 amide bonds. The van der Waals surface area contributed by atoms with E-state index in [0.29, 0.717) is 23.0 Å². The lowest BCUT2D eigenvalue weighted by Crippen LogP contribution is -2.30. The lowest BCUT2D eigenvalue weighted by atomic mass is 10.1. The summed E-state index contributed by atoms with van der Waals surface area (Å²) in [6.07, 6.45) is 0.789. The molecule has 0 saturated carbocycles. The monoisotopic (exact) mass is 318 g/mol. The molecule has 2 aromatic carbocycles. The number of rotatable bonds is 5. The van der Waals surface area contributed by atoms with Gasteiger partial charge in [0.25, 0.3) is 0 Å². The average Bonchev–Trinajstić information content (AvgIpc) is 2.49. The Balaban J connectivity index is 1.80. The van der Waals surface area contributed by atoms with E-state index in [4.69, 9.17) is 16.3 Å². The van der Waals surface area contributed by atoms with Gasteiger partial charge in [0.2, 0.25) is 0 Å². The molecule has 0 heterocycles. The zero-order valence-electron chi connectivity index (χ0n) is 12.7. The number of aryl methyl sites for hydroxylation is 1. The lowest BCUT2D eigenvalue weighted by Gasteiger charge is -2.09. The average molecular weight is 319 g/mol. The molecule has 0 bridgehead atoms. The van der Waals surface area contributed by atoms with E-state index in [2.05, 4.69) is 41.8 Å². The van der Waals surface area contributed by atoms with E-state index in [9.17, 15) is 4.79 Å². The van der Waals surface area contributed by atoms with Gasteiger partial charge in [0, 0.05) is 12.2 Å². The third-order valence-corrected chi connectivity index (χ3v) is 3.52. The Hall–Kier alpha value is -2.20. The van der Waals surface area contributed by atoms with Crippen LogP contribution in [0.3, 0.4) is 0 Å². The van der Waals surface area contributed by atoms with Crippen LogP contribution >= 0.6 is 11.6 Å². The molecule has 0 radical (unpaired) electrons. The summed E-state index contributed by atoms with van der Waals surface area (Å²) >= 11 is 6.01. The number of benzene rings is 2. The van der Waals surface area contributed by atoms with Crippen LogP contribution in [0.5, 0.6) is 5.75 Å². The summed E-state index contributed by atoms with van der Waals surface area (Å²) in [6.45, 7) is 2.62. The van der Waals surface area contributed by atoms with E-state index in [0.717, 1.165) is 6.42 Å². The van der Waals surface area contributed by atoms with Gasteiger partial charge in [0.05, 0.1) is 12.1 Å². The van der Waals surface area contributed by atoms with Crippen LogP contribution in [0.1, 0.15) is 11.1 Å². The topological polar surface area (TPSA) is 50.4 Å². The molecule has 2 N–H and O–H groups in total. The number of anilines is 1. The highest BCUT2D eigenvalue weighted by Crippen LogP contribution is 2.27. The minimum atomic E-state index is -0.256. The lowest BCUT2D eigenvalue weighted by molar-refractivity contribution is 0.252. The molecule has 5 heteroatoms. The molecule has 4 nitrogen and oxygen atoms in total. The van der Waals surface area contributed by atoms with E-state index in [1.165, 1.54) is 11.1 Å². The molecule has 22 heavy (non-hydrogen) atoms. The number of urea groups is 1. The van der Waals surface area contributed by atoms with Crippen LogP contribution in [0, 0.1) is 6.92 Å². The summed E-state index contributed by atoms with van der Waals surface area (Å²) < 4.78 is 5.07. The number of nitrogens with one attached hydrogen (secondary N) is 2. The van der Waals surface area contributed by atoms with Crippen molar-refractivity contribution in [1.29, 1.82) is 0 Å². The van der Waals surface area contributed by atoms with Crippen LogP contribution in [0.25, 0.3) is 0 Å². The van der Waals surface area contributed by atoms with Crippen molar-refractivity contribution in [2.24, 2.45) is 0 Å². The van der Waals surface area contributed by atoms with Gasteiger partial charge >= 0.3 is 6.03 Å². The minimum Gasteiger partial charge on any atom is -0.495 e. The van der Waals surface area contributed by atoms with Crippen LogP contribution in [-0.2, 0) is 6.42 Å². The van der Waals surface area contributed by atoms with Crippen molar-refractivity contribution in [3.8, 4) is 5.75 Å². The van der Waals surface area contributed by atoms with Gasteiger partial charge in [0.15, 0.2) is 0 Å². The first kappa shape index (κ1) is 16.2. The van der Waals surface area contributed by atoms with Crippen LogP contribution in [0.2, 0.25) is 5.02 Å². The molecule has 0 fully saturated rings. The van der Waals surface area contributed by atoms with Crippen molar-refractivity contribution in [1.82, 2.24) is 5.32 Å². The molecule has 0 saturated heterocycles. The number of ether oxygens (including phenoxy) is 1. The summed E-state index contributed by atoms with van der Waals surface area (Å²) in [6, 6.07) is 13.1. The maximum absolute atomic E-state index is 11.8. The fraction of sp³-hybridized carbons (Fsp3) is 0.235. The fourth-order valence-electron chi connectivity index (χ4n) is 1.99. The smallest absolute Gasteiger partial charge is 0.319 e. The molecule has 116 valence electrons. The summed E-state index contributed by atoms with van der Waals surface area (Å²) in [5.74, 6) is 0.576. The van der Waals surface area contributed by atoms with Gasteiger partial charge in [-0.2, -0.15) is 0 Å². The molecule has 2 rings (SSSR count). The van der Waals surface area contributed by atoms with Gasteiger partial charge in [0.1, 0.15) is 5.75 Å². The van der Waals surface area contributed by atoms with Crippen molar-refractivity contribution in [3.05, 3.63) is 58.6 Å². The second-order valence-corrected chi connectivity index (χ2v) is 5.37. The maximum Gasteiger partial charge on any atom is 0.319 e. The number of carbonyl (C=O) groups is 1. The molecule has 0 aliphatic rings. The maximum atomic E-state index is 11.8. The molecule has 0 unspecified atom stereocenters. The van der Waals surface area contributed by atoms with Gasteiger partial charge in [-0.15, -0.1) is 0 Å². The third kappa shape index (κ3) is 4.67. The van der Waals surface area contributed by atoms with Crippen molar-refractivity contribution in [3.63, 3.8) is 0 Å². The minimum absolute atomic E-state index is 0.256. The first-order chi connectivity index (χ1) is 10.6. The van der Waals surface area contributed by atoms with E-state index in [-0.39, 0.29) is 6.03 Å². The molecule has 0 atom stereocenters. The SMILES string of the molecule is COc1ccc(NC(=O)NCCc2ccc(C)cc2)cc1Cl. The van der Waals surface area contributed by atoms with Crippen LogP contribution in [-0.4, -0.2) is 19.7 Å². The van der Waals surface area contributed by atoms with Gasteiger partial charge < -0.3 is 15.4 Å². The van der Waals surface area contributed by atoms with Crippen LogP contribution in [0.15, 0.2) is 42.5 Å². The van der Waals surface area contributed by atoms with Crippen molar-refractivity contribution in [2.75, 3.05) is 19.0 Å². The van der Waals surface area contributed by atoms with Gasteiger partial charge in [-0.3, -0.25) is 0 Å². The third-order valence-electron chi connectivity index (χ3n) is 3.23. The second-order valence-electron chi connectivity index (χ2n) is 4.97. The van der Waals surface area contributed by atoms with Crippen LogP contribution < -0.4 is 15.4 Å². The molecule has 0 aromatic heterocycles. The van der Waals surface area contributed by atoms with Gasteiger partial charge in [-0.05, 0) is 37.1 Å². The van der Waals surface area contributed by atoms with E-state index in [1.54, 1.807) is 25.3 Å². The number of hydrogen-bond donors (Lipinski definition) is 2. The van der Waals surface area contributed by atoms with Crippen molar-refractivity contribution >= 4 is 23.3 Å². The van der Waals surface area contributed by atoms with E-state index >= 15 is 0 Å². The quantitative estimate of drug-likeness (QED) is 0.874. The molecular weight excluding hydrogens is 300 g/mol. The number of methoxy groups -OCH3 is 1. The van der Waals surface area contributed by atoms with E-state index in [1.807, 2.05) is 0 Å². The Bertz CT molecular complexity index is 642. The largest absolute Gasteiger partial charge is 0.495 e. The number of amides is 2. The van der Waals surface area contributed by atoms with Crippen LogP contribution in [0.4, 0.5) is 10.5 Å². The fourth-order valence-corrected chi connectivity index (χ4v) is 2.25. The first-order valence-corrected chi connectivity index (χ1v) is 7.40. The zero-order valence-corrected chi connectivity index (χ0v) is 13.4. The second kappa shape index (κ2) is 7.71. The predicted molar refractivity (Wildman–Crippen MR) is 89.9 cm³/mol. The summed E-state index contributed by atoms with van der Waals surface area (Å²) in [7, 11) is 1.55. The predicted octanol–water partition coefficient (Wildman–Crippen LogP) is 4.02. The number of hydrogen-bond acceptors (Lipinski definition) is 2. The Labute approximate surface area is 135 Å². The normalized spacial score (nSPS) is 10.1. The Morgan fingerprint density at radius 3 is 2.55 bits per heavy atom. The molecule has 0 spiro atoms. The summed E-state index contributed by atoms with van der Waals surface area (Å²) in [5, 5.41) is 6.02. The summed E-state index contributed by atoms with van der Waals surface area (Å²) in [5.41, 5.74) is 3.04. The highest BCUT2D eigenvalue weighted by Gasteiger charge is 2.05. The van der Waals surface area contributed by atoms with Crippen molar-refractivity contribution in [2.45, 2.75) is 13.3 Å². The highest BCUT2D eigenvalue weighted by atomic mass is 35.5. The zero-order chi connectivity index (χ0) is 15.9. The number of halogens is 1. The Morgan fingerprint density at radius 2 is 1.91 bits per heavy atom. The van der Waals surface area contributed by atoms with Gasteiger partial charge in [-0.1, -0.05) is 41.4 Å². The van der Waals surface area contributed by atoms with Crippen molar-refractivity contribution < 1.29 is 9.53 Å². The first-order valence-electron chi connectivity index (χ1n) is 7.02. The Kier molecular flexibility index (Phi) is 5.67. The summed E-state index contributed by atoms with van der Waals surface area (Å²) in [4.78, 5) is 11.8. The molecule has 2 aromatic rings. The van der Waals surface area contributed by atoms with Gasteiger partial charge in [-0.25, -0.2) is 4.79 Å². The Morgan fingerprint density at radius 1 is 1.18 bits per heavy atom.